The van der Waals surface area contributed by atoms with E-state index in [4.69, 9.17) is 4.74 Å². The predicted molar refractivity (Wildman–Crippen MR) is 122 cm³/mol. The zero-order valence-electron chi connectivity index (χ0n) is 18.2. The number of amides is 1. The van der Waals surface area contributed by atoms with Crippen LogP contribution < -0.4 is 10.1 Å². The maximum absolute atomic E-state index is 11.9. The number of nitrogens with zero attached hydrogens (tertiary/aromatic N) is 2. The summed E-state index contributed by atoms with van der Waals surface area (Å²) in [6, 6.07) is 18.4. The normalized spacial score (nSPS) is 16.1. The number of H-pyrrole nitrogens is 1. The number of benzene rings is 2. The molecule has 0 aliphatic carbocycles. The maximum Gasteiger partial charge on any atom is 0.217 e. The first kappa shape index (κ1) is 21.1. The Hall–Kier alpha value is -3.12. The fourth-order valence-electron chi connectivity index (χ4n) is 4.48. The number of ether oxygens (including phenoxy) is 1. The number of piperidine rings is 1. The average Bonchev–Trinajstić information content (AvgIpc) is 3.24. The Morgan fingerprint density at radius 3 is 2.48 bits per heavy atom. The summed E-state index contributed by atoms with van der Waals surface area (Å²) < 4.78 is 5.55. The SMILES string of the molecule is CCOc1ccc(-c2[nH]ncc2CN2CCC(NC(C)=O)(c3ccccc3)CC2)cc1. The molecule has 2 heterocycles. The van der Waals surface area contributed by atoms with Gasteiger partial charge in [0.2, 0.25) is 5.91 Å². The van der Waals surface area contributed by atoms with Crippen LogP contribution in [0.5, 0.6) is 5.75 Å². The molecule has 1 aromatic heterocycles. The maximum atomic E-state index is 11.9. The van der Waals surface area contributed by atoms with Gasteiger partial charge in [-0.15, -0.1) is 0 Å². The van der Waals surface area contributed by atoms with E-state index in [1.165, 1.54) is 11.1 Å². The molecule has 6 nitrogen and oxygen atoms in total. The van der Waals surface area contributed by atoms with E-state index in [-0.39, 0.29) is 11.4 Å². The summed E-state index contributed by atoms with van der Waals surface area (Å²) >= 11 is 0. The number of carbonyl (C=O) groups excluding carboxylic acids is 1. The molecule has 4 rings (SSSR count). The monoisotopic (exact) mass is 418 g/mol. The summed E-state index contributed by atoms with van der Waals surface area (Å²) in [6.45, 7) is 6.88. The van der Waals surface area contributed by atoms with Crippen molar-refractivity contribution in [3.63, 3.8) is 0 Å². The Morgan fingerprint density at radius 1 is 1.13 bits per heavy atom. The molecule has 1 saturated heterocycles. The number of hydrogen-bond donors (Lipinski definition) is 2. The number of rotatable bonds is 7. The van der Waals surface area contributed by atoms with Gasteiger partial charge < -0.3 is 10.1 Å². The summed E-state index contributed by atoms with van der Waals surface area (Å²) in [5.41, 5.74) is 4.21. The lowest BCUT2D eigenvalue weighted by molar-refractivity contribution is -0.121. The van der Waals surface area contributed by atoms with Crippen LogP contribution in [-0.4, -0.2) is 40.7 Å². The standard InChI is InChI=1S/C25H30N4O2/c1-3-31-23-11-9-20(10-12-23)24-21(17-26-28-24)18-29-15-13-25(14-16-29,27-19(2)30)22-7-5-4-6-8-22/h4-12,17H,3,13-16,18H2,1-2H3,(H,26,28)(H,27,30). The number of carbonyl (C=O) groups is 1. The van der Waals surface area contributed by atoms with Crippen LogP contribution in [0.1, 0.15) is 37.8 Å². The molecule has 6 heteroatoms. The van der Waals surface area contributed by atoms with Crippen LogP contribution in [0.3, 0.4) is 0 Å². The van der Waals surface area contributed by atoms with E-state index in [0.29, 0.717) is 6.61 Å². The third-order valence-electron chi connectivity index (χ3n) is 6.02. The molecule has 3 aromatic rings. The van der Waals surface area contributed by atoms with E-state index in [1.54, 1.807) is 6.92 Å². The molecule has 0 unspecified atom stereocenters. The summed E-state index contributed by atoms with van der Waals surface area (Å²) in [4.78, 5) is 14.4. The Morgan fingerprint density at radius 2 is 1.84 bits per heavy atom. The highest BCUT2D eigenvalue weighted by atomic mass is 16.5. The van der Waals surface area contributed by atoms with Crippen molar-refractivity contribution in [3.8, 4) is 17.0 Å². The first-order valence-electron chi connectivity index (χ1n) is 10.9. The van der Waals surface area contributed by atoms with Crippen molar-refractivity contribution in [1.29, 1.82) is 0 Å². The highest BCUT2D eigenvalue weighted by Gasteiger charge is 2.37. The lowest BCUT2D eigenvalue weighted by Crippen LogP contribution is -2.52. The van der Waals surface area contributed by atoms with E-state index < -0.39 is 0 Å². The van der Waals surface area contributed by atoms with Crippen LogP contribution in [0, 0.1) is 0 Å². The topological polar surface area (TPSA) is 70.2 Å². The fraction of sp³-hybridized carbons (Fsp3) is 0.360. The van der Waals surface area contributed by atoms with Gasteiger partial charge in [-0.2, -0.15) is 5.10 Å². The molecule has 2 N–H and O–H groups in total. The van der Waals surface area contributed by atoms with Crippen LogP contribution in [-0.2, 0) is 16.9 Å². The van der Waals surface area contributed by atoms with Crippen molar-refractivity contribution in [3.05, 3.63) is 71.9 Å². The molecule has 1 aliphatic rings. The second-order valence-corrected chi connectivity index (χ2v) is 8.13. The van der Waals surface area contributed by atoms with E-state index >= 15 is 0 Å². The van der Waals surface area contributed by atoms with Crippen molar-refractivity contribution in [2.45, 2.75) is 38.8 Å². The fourth-order valence-corrected chi connectivity index (χ4v) is 4.48. The quantitative estimate of drug-likeness (QED) is 0.606. The van der Waals surface area contributed by atoms with Gasteiger partial charge in [0.25, 0.3) is 0 Å². The van der Waals surface area contributed by atoms with Crippen LogP contribution in [0.2, 0.25) is 0 Å². The third-order valence-corrected chi connectivity index (χ3v) is 6.02. The Balaban J connectivity index is 1.46. The highest BCUT2D eigenvalue weighted by Crippen LogP contribution is 2.34. The molecule has 31 heavy (non-hydrogen) atoms. The van der Waals surface area contributed by atoms with Crippen molar-refractivity contribution < 1.29 is 9.53 Å². The van der Waals surface area contributed by atoms with E-state index in [1.807, 2.05) is 43.5 Å². The molecular formula is C25H30N4O2. The second kappa shape index (κ2) is 9.35. The van der Waals surface area contributed by atoms with E-state index in [2.05, 4.69) is 44.7 Å². The first-order valence-corrected chi connectivity index (χ1v) is 10.9. The number of nitrogens with one attached hydrogen (secondary N) is 2. The zero-order valence-corrected chi connectivity index (χ0v) is 18.2. The minimum Gasteiger partial charge on any atom is -0.494 e. The largest absolute Gasteiger partial charge is 0.494 e. The summed E-state index contributed by atoms with van der Waals surface area (Å²) in [7, 11) is 0. The number of likely N-dealkylation sites (tertiary alicyclic amines) is 1. The lowest BCUT2D eigenvalue weighted by atomic mass is 9.80. The van der Waals surface area contributed by atoms with Gasteiger partial charge in [0.1, 0.15) is 5.75 Å². The van der Waals surface area contributed by atoms with Gasteiger partial charge in [-0.1, -0.05) is 30.3 Å². The molecule has 1 aliphatic heterocycles. The number of hydrogen-bond acceptors (Lipinski definition) is 4. The lowest BCUT2D eigenvalue weighted by Gasteiger charge is -2.42. The predicted octanol–water partition coefficient (Wildman–Crippen LogP) is 4.10. The molecule has 0 bridgehead atoms. The van der Waals surface area contributed by atoms with Crippen molar-refractivity contribution in [1.82, 2.24) is 20.4 Å². The van der Waals surface area contributed by atoms with Crippen molar-refractivity contribution in [2.24, 2.45) is 0 Å². The smallest absolute Gasteiger partial charge is 0.217 e. The van der Waals surface area contributed by atoms with Crippen LogP contribution >= 0.6 is 0 Å². The van der Waals surface area contributed by atoms with Crippen LogP contribution in [0.4, 0.5) is 0 Å². The Bertz CT molecular complexity index is 990. The van der Waals surface area contributed by atoms with Crippen molar-refractivity contribution >= 4 is 5.91 Å². The molecule has 1 fully saturated rings. The Kier molecular flexibility index (Phi) is 6.37. The first-order chi connectivity index (χ1) is 15.1. The highest BCUT2D eigenvalue weighted by molar-refractivity contribution is 5.74. The van der Waals surface area contributed by atoms with E-state index in [9.17, 15) is 4.79 Å². The summed E-state index contributed by atoms with van der Waals surface area (Å²) in [6.07, 6.45) is 3.68. The number of aromatic amines is 1. The summed E-state index contributed by atoms with van der Waals surface area (Å²) in [5.74, 6) is 0.892. The van der Waals surface area contributed by atoms with Gasteiger partial charge in [-0.05, 0) is 49.6 Å². The molecule has 2 aromatic carbocycles. The van der Waals surface area contributed by atoms with E-state index in [0.717, 1.165) is 49.5 Å². The minimum atomic E-state index is -0.294. The van der Waals surface area contributed by atoms with Gasteiger partial charge in [0, 0.05) is 37.7 Å². The molecule has 162 valence electrons. The molecule has 1 amide bonds. The second-order valence-electron chi connectivity index (χ2n) is 8.13. The summed E-state index contributed by atoms with van der Waals surface area (Å²) in [5, 5.41) is 10.7. The van der Waals surface area contributed by atoms with Crippen LogP contribution in [0.15, 0.2) is 60.8 Å². The van der Waals surface area contributed by atoms with Crippen molar-refractivity contribution in [2.75, 3.05) is 19.7 Å². The van der Waals surface area contributed by atoms with Gasteiger partial charge in [-0.3, -0.25) is 14.8 Å². The van der Waals surface area contributed by atoms with Gasteiger partial charge in [0.15, 0.2) is 0 Å². The molecule has 0 spiro atoms. The van der Waals surface area contributed by atoms with Gasteiger partial charge in [0.05, 0.1) is 24.0 Å². The third kappa shape index (κ3) is 4.80. The van der Waals surface area contributed by atoms with Crippen LogP contribution in [0.25, 0.3) is 11.3 Å². The molecule has 0 saturated carbocycles. The minimum absolute atomic E-state index is 0.0184. The van der Waals surface area contributed by atoms with Gasteiger partial charge in [-0.25, -0.2) is 0 Å². The molecular weight excluding hydrogens is 388 g/mol. The number of aromatic nitrogens is 2. The Labute approximate surface area is 183 Å². The molecule has 0 radical (unpaired) electrons. The average molecular weight is 419 g/mol. The molecule has 0 atom stereocenters. The zero-order chi connectivity index (χ0) is 21.7. The van der Waals surface area contributed by atoms with Gasteiger partial charge >= 0.3 is 0 Å².